The molecular formula is C13H24N4O4. The Morgan fingerprint density at radius 3 is 2.67 bits per heavy atom. The molecule has 1 aliphatic rings. The first kappa shape index (κ1) is 17.4. The molecule has 0 radical (unpaired) electrons. The largest absolute Gasteiger partial charge is 0.480 e. The second-order valence-corrected chi connectivity index (χ2v) is 5.11. The molecule has 0 unspecified atom stereocenters. The van der Waals surface area contributed by atoms with Crippen molar-refractivity contribution >= 4 is 17.8 Å². The first-order valence-corrected chi connectivity index (χ1v) is 7.28. The molecule has 0 aromatic rings. The van der Waals surface area contributed by atoms with Gasteiger partial charge < -0.3 is 26.8 Å². The number of nitrogens with two attached hydrogens (primary N) is 1. The highest BCUT2D eigenvalue weighted by molar-refractivity contribution is 5.89. The fourth-order valence-corrected chi connectivity index (χ4v) is 2.19. The number of aliphatic carboxylic acids is 1. The highest BCUT2D eigenvalue weighted by Gasteiger charge is 2.23. The van der Waals surface area contributed by atoms with Crippen molar-refractivity contribution in [2.75, 3.05) is 19.6 Å². The number of carbonyl (C=O) groups excluding carboxylic acids is 2. The van der Waals surface area contributed by atoms with E-state index in [0.717, 1.165) is 19.4 Å². The van der Waals surface area contributed by atoms with Crippen molar-refractivity contribution in [2.24, 2.45) is 5.73 Å². The van der Waals surface area contributed by atoms with Crippen LogP contribution in [-0.4, -0.2) is 54.6 Å². The standard InChI is InChI=1S/C13H24N4O4/c14-6-2-1-4-10(13(20)21)17-11(18)8-16-12(19)9-5-3-7-15-9/h9-10,15H,1-8,14H2,(H,16,19)(H,17,18)(H,20,21)/t9-,10-/m0/s1. The molecule has 21 heavy (non-hydrogen) atoms. The first-order valence-electron chi connectivity index (χ1n) is 7.28. The van der Waals surface area contributed by atoms with Gasteiger partial charge in [-0.2, -0.15) is 0 Å². The summed E-state index contributed by atoms with van der Waals surface area (Å²) in [4.78, 5) is 34.4. The molecule has 1 fully saturated rings. The smallest absolute Gasteiger partial charge is 0.326 e. The average molecular weight is 300 g/mol. The molecule has 2 amide bonds. The number of amides is 2. The first-order chi connectivity index (χ1) is 10.0. The maximum atomic E-state index is 11.7. The van der Waals surface area contributed by atoms with Gasteiger partial charge in [0.25, 0.3) is 0 Å². The van der Waals surface area contributed by atoms with E-state index < -0.39 is 17.9 Å². The molecule has 1 saturated heterocycles. The fourth-order valence-electron chi connectivity index (χ4n) is 2.19. The fraction of sp³-hybridized carbons (Fsp3) is 0.769. The molecule has 0 aromatic heterocycles. The van der Waals surface area contributed by atoms with E-state index in [2.05, 4.69) is 16.0 Å². The second kappa shape index (κ2) is 9.30. The van der Waals surface area contributed by atoms with Crippen LogP contribution in [0.15, 0.2) is 0 Å². The van der Waals surface area contributed by atoms with E-state index in [4.69, 9.17) is 10.8 Å². The van der Waals surface area contributed by atoms with Gasteiger partial charge in [-0.1, -0.05) is 0 Å². The second-order valence-electron chi connectivity index (χ2n) is 5.11. The maximum Gasteiger partial charge on any atom is 0.326 e. The number of unbranched alkanes of at least 4 members (excludes halogenated alkanes) is 1. The van der Waals surface area contributed by atoms with E-state index in [9.17, 15) is 14.4 Å². The molecule has 2 atom stereocenters. The summed E-state index contributed by atoms with van der Waals surface area (Å²) in [5.41, 5.74) is 5.34. The molecule has 0 bridgehead atoms. The van der Waals surface area contributed by atoms with E-state index in [1.54, 1.807) is 0 Å². The van der Waals surface area contributed by atoms with E-state index >= 15 is 0 Å². The summed E-state index contributed by atoms with van der Waals surface area (Å²) < 4.78 is 0. The predicted octanol–water partition coefficient (Wildman–Crippen LogP) is -1.45. The van der Waals surface area contributed by atoms with Gasteiger partial charge >= 0.3 is 5.97 Å². The number of hydrogen-bond acceptors (Lipinski definition) is 5. The third kappa shape index (κ3) is 6.54. The third-order valence-electron chi connectivity index (χ3n) is 3.38. The molecule has 1 aliphatic heterocycles. The molecular weight excluding hydrogens is 276 g/mol. The van der Waals surface area contributed by atoms with Gasteiger partial charge in [-0.15, -0.1) is 0 Å². The quantitative estimate of drug-likeness (QED) is 0.331. The molecule has 0 spiro atoms. The molecule has 8 nitrogen and oxygen atoms in total. The van der Waals surface area contributed by atoms with Gasteiger partial charge in [-0.25, -0.2) is 4.79 Å². The minimum atomic E-state index is -1.08. The zero-order chi connectivity index (χ0) is 15.7. The van der Waals surface area contributed by atoms with Crippen molar-refractivity contribution in [1.82, 2.24) is 16.0 Å². The summed E-state index contributed by atoms with van der Waals surface area (Å²) in [6.07, 6.45) is 3.36. The Morgan fingerprint density at radius 2 is 2.10 bits per heavy atom. The Bertz CT molecular complexity index is 369. The van der Waals surface area contributed by atoms with E-state index in [1.807, 2.05) is 0 Å². The summed E-state index contributed by atoms with van der Waals surface area (Å²) in [6.45, 7) is 1.08. The minimum Gasteiger partial charge on any atom is -0.480 e. The number of rotatable bonds is 9. The summed E-state index contributed by atoms with van der Waals surface area (Å²) in [6, 6.07) is -1.19. The molecule has 1 rings (SSSR count). The molecule has 120 valence electrons. The SMILES string of the molecule is NCCCC[C@H](NC(=O)CNC(=O)[C@@H]1CCCN1)C(=O)O. The van der Waals surface area contributed by atoms with Crippen molar-refractivity contribution in [1.29, 1.82) is 0 Å². The lowest BCUT2D eigenvalue weighted by molar-refractivity contribution is -0.142. The molecule has 0 saturated carbocycles. The number of carbonyl (C=O) groups is 3. The van der Waals surface area contributed by atoms with Crippen LogP contribution >= 0.6 is 0 Å². The van der Waals surface area contributed by atoms with Crippen LogP contribution in [0, 0.1) is 0 Å². The Hall–Kier alpha value is -1.67. The highest BCUT2D eigenvalue weighted by atomic mass is 16.4. The Kier molecular flexibility index (Phi) is 7.70. The summed E-state index contributed by atoms with van der Waals surface area (Å²) in [5.74, 6) is -1.80. The molecule has 0 aromatic carbocycles. The molecule has 8 heteroatoms. The Balaban J connectivity index is 2.28. The number of hydrogen-bond donors (Lipinski definition) is 5. The van der Waals surface area contributed by atoms with Crippen LogP contribution in [0.1, 0.15) is 32.1 Å². The monoisotopic (exact) mass is 300 g/mol. The van der Waals surface area contributed by atoms with Crippen LogP contribution in [0.4, 0.5) is 0 Å². The van der Waals surface area contributed by atoms with Crippen molar-refractivity contribution < 1.29 is 19.5 Å². The van der Waals surface area contributed by atoms with Crippen LogP contribution in [0.2, 0.25) is 0 Å². The lowest BCUT2D eigenvalue weighted by Gasteiger charge is -2.15. The highest BCUT2D eigenvalue weighted by Crippen LogP contribution is 2.04. The van der Waals surface area contributed by atoms with Gasteiger partial charge in [0.05, 0.1) is 12.6 Å². The van der Waals surface area contributed by atoms with Gasteiger partial charge in [-0.05, 0) is 45.2 Å². The zero-order valence-electron chi connectivity index (χ0n) is 12.1. The Morgan fingerprint density at radius 1 is 1.33 bits per heavy atom. The maximum absolute atomic E-state index is 11.7. The lowest BCUT2D eigenvalue weighted by Crippen LogP contribution is -2.48. The van der Waals surface area contributed by atoms with Crippen molar-refractivity contribution in [2.45, 2.75) is 44.2 Å². The normalized spacial score (nSPS) is 19.0. The summed E-state index contributed by atoms with van der Waals surface area (Å²) in [5, 5.41) is 17.0. The Labute approximate surface area is 123 Å². The van der Waals surface area contributed by atoms with Crippen molar-refractivity contribution in [3.63, 3.8) is 0 Å². The van der Waals surface area contributed by atoms with Gasteiger partial charge in [0.15, 0.2) is 0 Å². The minimum absolute atomic E-state index is 0.211. The number of nitrogens with one attached hydrogen (secondary N) is 3. The molecule has 0 aliphatic carbocycles. The molecule has 6 N–H and O–H groups in total. The summed E-state index contributed by atoms with van der Waals surface area (Å²) in [7, 11) is 0. The van der Waals surface area contributed by atoms with E-state index in [0.29, 0.717) is 25.8 Å². The van der Waals surface area contributed by atoms with Gasteiger partial charge in [0.1, 0.15) is 6.04 Å². The zero-order valence-corrected chi connectivity index (χ0v) is 12.1. The molecule has 1 heterocycles. The predicted molar refractivity (Wildman–Crippen MR) is 76.5 cm³/mol. The van der Waals surface area contributed by atoms with Crippen LogP contribution in [0.3, 0.4) is 0 Å². The van der Waals surface area contributed by atoms with Crippen LogP contribution in [-0.2, 0) is 14.4 Å². The average Bonchev–Trinajstić information content (AvgIpc) is 2.98. The van der Waals surface area contributed by atoms with Crippen LogP contribution < -0.4 is 21.7 Å². The van der Waals surface area contributed by atoms with Gasteiger partial charge in [-0.3, -0.25) is 9.59 Å². The third-order valence-corrected chi connectivity index (χ3v) is 3.38. The van der Waals surface area contributed by atoms with Crippen molar-refractivity contribution in [3.8, 4) is 0 Å². The van der Waals surface area contributed by atoms with E-state index in [-0.39, 0.29) is 18.5 Å². The van der Waals surface area contributed by atoms with Gasteiger partial charge in [0, 0.05) is 0 Å². The number of carboxylic acids is 1. The van der Waals surface area contributed by atoms with Crippen molar-refractivity contribution in [3.05, 3.63) is 0 Å². The number of carboxylic acid groups (broad SMARTS) is 1. The van der Waals surface area contributed by atoms with Crippen LogP contribution in [0.5, 0.6) is 0 Å². The summed E-state index contributed by atoms with van der Waals surface area (Å²) >= 11 is 0. The topological polar surface area (TPSA) is 134 Å². The van der Waals surface area contributed by atoms with Crippen LogP contribution in [0.25, 0.3) is 0 Å². The lowest BCUT2D eigenvalue weighted by atomic mass is 10.1. The van der Waals surface area contributed by atoms with Gasteiger partial charge in [0.2, 0.25) is 11.8 Å². The van der Waals surface area contributed by atoms with E-state index in [1.165, 1.54) is 0 Å².